The largest absolute Gasteiger partial charge is 0.534 e. The van der Waals surface area contributed by atoms with Gasteiger partial charge in [0.25, 0.3) is 0 Å². The average molecular weight is 379 g/mol. The number of hydrogen-bond donors (Lipinski definition) is 1. The second kappa shape index (κ2) is 6.78. The van der Waals surface area contributed by atoms with Crippen molar-refractivity contribution in [3.63, 3.8) is 0 Å². The number of alkyl halides is 3. The molecule has 0 radical (unpaired) electrons. The quantitative estimate of drug-likeness (QED) is 0.465. The van der Waals surface area contributed by atoms with Gasteiger partial charge >= 0.3 is 15.6 Å². The summed E-state index contributed by atoms with van der Waals surface area (Å²) in [5.41, 5.74) is 2.90. The van der Waals surface area contributed by atoms with Crippen LogP contribution in [-0.4, -0.2) is 13.9 Å². The fraction of sp³-hybridized carbons (Fsp3) is 0.143. The van der Waals surface area contributed by atoms with Crippen LogP contribution in [0.15, 0.2) is 53.6 Å². The summed E-state index contributed by atoms with van der Waals surface area (Å²) >= 11 is 5.78. The van der Waals surface area contributed by atoms with Crippen molar-refractivity contribution in [2.45, 2.75) is 11.6 Å². The van der Waals surface area contributed by atoms with Gasteiger partial charge in [-0.2, -0.15) is 26.7 Å². The predicted molar refractivity (Wildman–Crippen MR) is 80.5 cm³/mol. The number of halogens is 4. The van der Waals surface area contributed by atoms with Crippen LogP contribution in [-0.2, 0) is 10.1 Å². The molecule has 2 rings (SSSR count). The Bertz CT molecular complexity index is 822. The van der Waals surface area contributed by atoms with Crippen molar-refractivity contribution in [1.82, 2.24) is 0 Å². The molecule has 1 unspecified atom stereocenters. The Morgan fingerprint density at radius 2 is 1.46 bits per heavy atom. The molecule has 10 heteroatoms. The lowest BCUT2D eigenvalue weighted by Crippen LogP contribution is -2.28. The molecule has 0 bridgehead atoms. The molecule has 0 aliphatic carbocycles. The van der Waals surface area contributed by atoms with E-state index in [4.69, 9.17) is 17.1 Å². The Morgan fingerprint density at radius 1 is 1.00 bits per heavy atom. The maximum absolute atomic E-state index is 12.3. The normalized spacial score (nSPS) is 13.3. The maximum Gasteiger partial charge on any atom is 0.534 e. The molecule has 5 nitrogen and oxygen atoms in total. The van der Waals surface area contributed by atoms with Crippen LogP contribution in [0.3, 0.4) is 0 Å². The Kier molecular flexibility index (Phi) is 5.14. The van der Waals surface area contributed by atoms with E-state index >= 15 is 0 Å². The summed E-state index contributed by atoms with van der Waals surface area (Å²) in [6.45, 7) is 0. The Balaban J connectivity index is 2.25. The lowest BCUT2D eigenvalue weighted by Gasteiger charge is -2.13. The summed E-state index contributed by atoms with van der Waals surface area (Å²) < 4.78 is 62.7. The van der Waals surface area contributed by atoms with Crippen molar-refractivity contribution >= 4 is 21.7 Å². The van der Waals surface area contributed by atoms with Crippen LogP contribution in [0.2, 0.25) is 5.02 Å². The minimum atomic E-state index is -5.72. The fourth-order valence-corrected chi connectivity index (χ4v) is 2.45. The SMILES string of the molecule is N=NC(c1ccc(Cl)cc1)c1ccc(OS(=O)(=O)C(F)(F)F)cc1. The van der Waals surface area contributed by atoms with Crippen LogP contribution in [0.4, 0.5) is 13.2 Å². The zero-order chi connectivity index (χ0) is 18.0. The molecule has 0 spiro atoms. The van der Waals surface area contributed by atoms with Crippen LogP contribution >= 0.6 is 11.6 Å². The molecule has 24 heavy (non-hydrogen) atoms. The fourth-order valence-electron chi connectivity index (χ4n) is 1.87. The molecule has 0 aromatic heterocycles. The zero-order valence-electron chi connectivity index (χ0n) is 11.8. The van der Waals surface area contributed by atoms with Crippen LogP contribution < -0.4 is 4.18 Å². The number of nitrogens with one attached hydrogen (secondary N) is 1. The lowest BCUT2D eigenvalue weighted by molar-refractivity contribution is -0.0500. The molecular weight excluding hydrogens is 369 g/mol. The van der Waals surface area contributed by atoms with Gasteiger partial charge in [-0.3, -0.25) is 0 Å². The molecule has 2 aromatic carbocycles. The van der Waals surface area contributed by atoms with E-state index in [9.17, 15) is 21.6 Å². The van der Waals surface area contributed by atoms with Crippen molar-refractivity contribution < 1.29 is 25.8 Å². The molecule has 0 heterocycles. The molecule has 2 aromatic rings. The summed E-state index contributed by atoms with van der Waals surface area (Å²) in [7, 11) is -5.72. The molecular formula is C14H10ClF3N2O3S. The number of benzene rings is 2. The van der Waals surface area contributed by atoms with Gasteiger partial charge in [-0.1, -0.05) is 35.9 Å². The third-order valence-corrected chi connectivity index (χ3v) is 4.23. The zero-order valence-corrected chi connectivity index (χ0v) is 13.4. The first-order valence-corrected chi connectivity index (χ1v) is 8.15. The van der Waals surface area contributed by atoms with Gasteiger partial charge in [0.15, 0.2) is 0 Å². The first-order chi connectivity index (χ1) is 11.1. The van der Waals surface area contributed by atoms with E-state index in [1.807, 2.05) is 0 Å². The first kappa shape index (κ1) is 18.2. The van der Waals surface area contributed by atoms with Gasteiger partial charge in [0.1, 0.15) is 11.8 Å². The van der Waals surface area contributed by atoms with E-state index in [1.54, 1.807) is 24.3 Å². The molecule has 1 N–H and O–H groups in total. The van der Waals surface area contributed by atoms with Crippen molar-refractivity contribution in [2.24, 2.45) is 5.11 Å². The number of nitrogens with zero attached hydrogens (tertiary/aromatic N) is 1. The van der Waals surface area contributed by atoms with E-state index in [0.717, 1.165) is 12.1 Å². The van der Waals surface area contributed by atoms with Crippen LogP contribution in [0.5, 0.6) is 5.75 Å². The first-order valence-electron chi connectivity index (χ1n) is 6.37. The van der Waals surface area contributed by atoms with Crippen molar-refractivity contribution in [3.8, 4) is 5.75 Å². The molecule has 0 saturated carbocycles. The van der Waals surface area contributed by atoms with Crippen molar-refractivity contribution in [1.29, 1.82) is 5.53 Å². The maximum atomic E-state index is 12.3. The van der Waals surface area contributed by atoms with Gasteiger partial charge in [0, 0.05) is 5.02 Å². The van der Waals surface area contributed by atoms with E-state index < -0.39 is 27.4 Å². The Morgan fingerprint density at radius 3 is 1.88 bits per heavy atom. The predicted octanol–water partition coefficient (Wildman–Crippen LogP) is 4.69. The van der Waals surface area contributed by atoms with Crippen LogP contribution in [0.1, 0.15) is 17.2 Å². The number of hydrogen-bond acceptors (Lipinski definition) is 5. The monoisotopic (exact) mass is 378 g/mol. The van der Waals surface area contributed by atoms with E-state index in [0.29, 0.717) is 16.1 Å². The summed E-state index contributed by atoms with van der Waals surface area (Å²) in [5.74, 6) is -0.490. The van der Waals surface area contributed by atoms with Gasteiger partial charge in [-0.25, -0.2) is 5.53 Å². The highest BCUT2D eigenvalue weighted by molar-refractivity contribution is 7.88. The van der Waals surface area contributed by atoms with Gasteiger partial charge < -0.3 is 4.18 Å². The van der Waals surface area contributed by atoms with Gasteiger partial charge in [0.2, 0.25) is 0 Å². The van der Waals surface area contributed by atoms with E-state index in [-0.39, 0.29) is 0 Å². The summed E-state index contributed by atoms with van der Waals surface area (Å²) in [6.07, 6.45) is 0. The molecule has 0 aliphatic heterocycles. The average Bonchev–Trinajstić information content (AvgIpc) is 2.50. The summed E-state index contributed by atoms with van der Waals surface area (Å²) in [4.78, 5) is 0. The molecule has 0 amide bonds. The smallest absolute Gasteiger partial charge is 0.376 e. The Labute approximate surface area is 140 Å². The van der Waals surface area contributed by atoms with Gasteiger partial charge in [-0.05, 0) is 35.4 Å². The molecule has 0 saturated heterocycles. The van der Waals surface area contributed by atoms with Crippen LogP contribution in [0, 0.1) is 5.53 Å². The molecule has 1 atom stereocenters. The minimum absolute atomic E-state index is 0.476. The highest BCUT2D eigenvalue weighted by Gasteiger charge is 2.48. The summed E-state index contributed by atoms with van der Waals surface area (Å²) in [5, 5.41) is 3.97. The molecule has 0 fully saturated rings. The summed E-state index contributed by atoms with van der Waals surface area (Å²) in [6, 6.07) is 10.6. The van der Waals surface area contributed by atoms with Crippen molar-refractivity contribution in [2.75, 3.05) is 0 Å². The highest BCUT2D eigenvalue weighted by atomic mass is 35.5. The standard InChI is InChI=1S/C14H10ClF3N2O3S/c15-11-5-1-9(2-6-11)13(20-19)10-3-7-12(8-4-10)23-24(21,22)14(16,17)18/h1-8,13,19H. The molecule has 128 valence electrons. The second-order valence-corrected chi connectivity index (χ2v) is 6.61. The topological polar surface area (TPSA) is 79.6 Å². The number of rotatable bonds is 5. The third kappa shape index (κ3) is 4.04. The molecule has 0 aliphatic rings. The minimum Gasteiger partial charge on any atom is -0.376 e. The van der Waals surface area contributed by atoms with Crippen LogP contribution in [0.25, 0.3) is 0 Å². The van der Waals surface area contributed by atoms with Gasteiger partial charge in [0.05, 0.1) is 0 Å². The lowest BCUT2D eigenvalue weighted by atomic mass is 9.99. The second-order valence-electron chi connectivity index (χ2n) is 4.64. The van der Waals surface area contributed by atoms with Crippen molar-refractivity contribution in [3.05, 3.63) is 64.7 Å². The Hall–Kier alpha value is -2.13. The van der Waals surface area contributed by atoms with E-state index in [2.05, 4.69) is 9.30 Å². The van der Waals surface area contributed by atoms with E-state index in [1.165, 1.54) is 12.1 Å². The highest BCUT2D eigenvalue weighted by Crippen LogP contribution is 2.30. The third-order valence-electron chi connectivity index (χ3n) is 3.00. The van der Waals surface area contributed by atoms with Gasteiger partial charge in [-0.15, -0.1) is 0 Å².